The van der Waals surface area contributed by atoms with Crippen LogP contribution >= 0.6 is 22.6 Å². The van der Waals surface area contributed by atoms with E-state index in [1.54, 1.807) is 0 Å². The van der Waals surface area contributed by atoms with Crippen molar-refractivity contribution >= 4 is 28.4 Å². The Hall–Kier alpha value is -0.390. The Kier molecular flexibility index (Phi) is 5.85. The maximum absolute atomic E-state index is 4.84. The zero-order valence-corrected chi connectivity index (χ0v) is 14.2. The average Bonchev–Trinajstić information content (AvgIpc) is 2.70. The largest absolute Gasteiger partial charge is 0.369 e. The van der Waals surface area contributed by atoms with Gasteiger partial charge in [0, 0.05) is 12.5 Å². The normalized spacial score (nSPS) is 17.2. The lowest BCUT2D eigenvalue weighted by Crippen LogP contribution is -2.12. The molecule has 0 radical (unpaired) electrons. The summed E-state index contributed by atoms with van der Waals surface area (Å²) in [6, 6.07) is 0. The summed E-state index contributed by atoms with van der Waals surface area (Å²) in [6.07, 6.45) is 8.92. The van der Waals surface area contributed by atoms with Crippen molar-refractivity contribution in [2.45, 2.75) is 64.7 Å². The molecule has 0 bridgehead atoms. The van der Waals surface area contributed by atoms with Crippen molar-refractivity contribution in [1.29, 1.82) is 0 Å². The highest BCUT2D eigenvalue weighted by atomic mass is 127. The molecule has 1 N–H and O–H groups in total. The summed E-state index contributed by atoms with van der Waals surface area (Å²) in [7, 11) is 0. The van der Waals surface area contributed by atoms with Gasteiger partial charge >= 0.3 is 0 Å². The van der Waals surface area contributed by atoms with Crippen LogP contribution in [0.25, 0.3) is 0 Å². The Balaban J connectivity index is 2.30. The van der Waals surface area contributed by atoms with E-state index >= 15 is 0 Å². The lowest BCUT2D eigenvalue weighted by molar-refractivity contribution is 0.557. The maximum Gasteiger partial charge on any atom is 0.143 e. The van der Waals surface area contributed by atoms with E-state index in [0.717, 1.165) is 24.6 Å². The van der Waals surface area contributed by atoms with E-state index in [-0.39, 0.29) is 0 Å². The molecule has 0 atom stereocenters. The smallest absolute Gasteiger partial charge is 0.143 e. The van der Waals surface area contributed by atoms with Gasteiger partial charge < -0.3 is 5.32 Å². The molecule has 19 heavy (non-hydrogen) atoms. The second kappa shape index (κ2) is 7.41. The van der Waals surface area contributed by atoms with Crippen LogP contribution in [0.2, 0.25) is 0 Å². The zero-order valence-electron chi connectivity index (χ0n) is 12.0. The molecular weight excluding hydrogens is 349 g/mol. The van der Waals surface area contributed by atoms with Gasteiger partial charge in [-0.05, 0) is 48.8 Å². The molecule has 0 aromatic carbocycles. The number of hydrogen-bond acceptors (Lipinski definition) is 3. The van der Waals surface area contributed by atoms with E-state index in [0.29, 0.717) is 5.92 Å². The van der Waals surface area contributed by atoms with Crippen LogP contribution in [0.3, 0.4) is 0 Å². The Morgan fingerprint density at radius 3 is 2.37 bits per heavy atom. The Morgan fingerprint density at radius 1 is 1.11 bits per heavy atom. The molecule has 1 saturated carbocycles. The van der Waals surface area contributed by atoms with Crippen LogP contribution < -0.4 is 5.32 Å². The van der Waals surface area contributed by atoms with Crippen LogP contribution in [0.4, 0.5) is 5.82 Å². The molecule has 0 spiro atoms. The minimum atomic E-state index is 0.571. The van der Waals surface area contributed by atoms with Crippen molar-refractivity contribution in [3.05, 3.63) is 15.1 Å². The van der Waals surface area contributed by atoms with Crippen LogP contribution in [0.15, 0.2) is 0 Å². The van der Waals surface area contributed by atoms with Crippen LogP contribution in [0.1, 0.15) is 69.8 Å². The summed E-state index contributed by atoms with van der Waals surface area (Å²) in [5.74, 6) is 2.69. The predicted octanol–water partition coefficient (Wildman–Crippen LogP) is 4.51. The number of nitrogens with zero attached hydrogens (tertiary/aromatic N) is 2. The molecule has 106 valence electrons. The molecule has 0 unspecified atom stereocenters. The fraction of sp³-hybridized carbons (Fsp3) is 0.733. The minimum absolute atomic E-state index is 0.571. The van der Waals surface area contributed by atoms with Gasteiger partial charge in [0.2, 0.25) is 0 Å². The average molecular weight is 373 g/mol. The number of aromatic nitrogens is 2. The number of anilines is 1. The third kappa shape index (κ3) is 3.80. The molecule has 1 aliphatic rings. The highest BCUT2D eigenvalue weighted by Gasteiger charge is 2.20. The van der Waals surface area contributed by atoms with E-state index in [9.17, 15) is 0 Å². The molecule has 0 aliphatic heterocycles. The molecule has 1 heterocycles. The standard InChI is InChI=1S/C15H24IN3/c1-3-12-13(16)15(17-4-2)19-14(18-12)11-9-7-5-6-8-10-11/h11H,3-10H2,1-2H3,(H,17,18,19). The molecule has 1 fully saturated rings. The van der Waals surface area contributed by atoms with E-state index in [2.05, 4.69) is 41.8 Å². The number of hydrogen-bond donors (Lipinski definition) is 1. The van der Waals surface area contributed by atoms with Crippen molar-refractivity contribution in [3.63, 3.8) is 0 Å². The van der Waals surface area contributed by atoms with E-state index in [4.69, 9.17) is 9.97 Å². The van der Waals surface area contributed by atoms with Crippen molar-refractivity contribution < 1.29 is 0 Å². The van der Waals surface area contributed by atoms with Gasteiger partial charge in [0.05, 0.1) is 9.26 Å². The topological polar surface area (TPSA) is 37.8 Å². The van der Waals surface area contributed by atoms with Gasteiger partial charge in [0.1, 0.15) is 11.6 Å². The molecule has 1 aliphatic carbocycles. The highest BCUT2D eigenvalue weighted by molar-refractivity contribution is 14.1. The van der Waals surface area contributed by atoms with Gasteiger partial charge in [-0.15, -0.1) is 0 Å². The predicted molar refractivity (Wildman–Crippen MR) is 88.7 cm³/mol. The molecule has 0 saturated heterocycles. The first-order valence-corrected chi connectivity index (χ1v) is 8.64. The number of aryl methyl sites for hydroxylation is 1. The van der Waals surface area contributed by atoms with E-state index in [1.165, 1.54) is 47.8 Å². The summed E-state index contributed by atoms with van der Waals surface area (Å²) >= 11 is 2.37. The van der Waals surface area contributed by atoms with E-state index in [1.807, 2.05) is 0 Å². The monoisotopic (exact) mass is 373 g/mol. The van der Waals surface area contributed by atoms with Crippen molar-refractivity contribution in [1.82, 2.24) is 9.97 Å². The van der Waals surface area contributed by atoms with Crippen LogP contribution in [-0.2, 0) is 6.42 Å². The number of halogens is 1. The summed E-state index contributed by atoms with van der Waals surface area (Å²) in [4.78, 5) is 9.65. The maximum atomic E-state index is 4.84. The summed E-state index contributed by atoms with van der Waals surface area (Å²) in [5, 5.41) is 3.39. The lowest BCUT2D eigenvalue weighted by Gasteiger charge is -2.17. The van der Waals surface area contributed by atoms with E-state index < -0.39 is 0 Å². The molecule has 2 rings (SSSR count). The van der Waals surface area contributed by atoms with Crippen LogP contribution in [0.5, 0.6) is 0 Å². The molecular formula is C15H24IN3. The minimum Gasteiger partial charge on any atom is -0.369 e. The SMILES string of the molecule is CCNc1nc(C2CCCCCC2)nc(CC)c1I. The van der Waals surface area contributed by atoms with Gasteiger partial charge in [0.15, 0.2) is 0 Å². The Morgan fingerprint density at radius 2 is 1.79 bits per heavy atom. The van der Waals surface area contributed by atoms with Gasteiger partial charge in [-0.1, -0.05) is 32.6 Å². The molecule has 4 heteroatoms. The van der Waals surface area contributed by atoms with Gasteiger partial charge in [0.25, 0.3) is 0 Å². The first-order chi connectivity index (χ1) is 9.26. The van der Waals surface area contributed by atoms with Crippen molar-refractivity contribution in [2.75, 3.05) is 11.9 Å². The second-order valence-corrected chi connectivity index (χ2v) is 6.34. The van der Waals surface area contributed by atoms with Crippen molar-refractivity contribution in [2.24, 2.45) is 0 Å². The zero-order chi connectivity index (χ0) is 13.7. The highest BCUT2D eigenvalue weighted by Crippen LogP contribution is 2.31. The summed E-state index contributed by atoms with van der Waals surface area (Å²) < 4.78 is 1.19. The van der Waals surface area contributed by atoms with Gasteiger partial charge in [-0.25, -0.2) is 9.97 Å². The third-order valence-corrected chi connectivity index (χ3v) is 4.97. The number of nitrogens with one attached hydrogen (secondary N) is 1. The second-order valence-electron chi connectivity index (χ2n) is 5.26. The third-order valence-electron chi connectivity index (χ3n) is 3.84. The number of rotatable bonds is 4. The molecule has 0 amide bonds. The van der Waals surface area contributed by atoms with Gasteiger partial charge in [-0.3, -0.25) is 0 Å². The fourth-order valence-corrected chi connectivity index (χ4v) is 3.56. The fourth-order valence-electron chi connectivity index (χ4n) is 2.75. The van der Waals surface area contributed by atoms with Crippen LogP contribution in [0, 0.1) is 3.57 Å². The Bertz CT molecular complexity index is 412. The van der Waals surface area contributed by atoms with Crippen molar-refractivity contribution in [3.8, 4) is 0 Å². The molecule has 1 aromatic heterocycles. The molecule has 3 nitrogen and oxygen atoms in total. The Labute approximate surface area is 130 Å². The first kappa shape index (κ1) is 15.0. The van der Waals surface area contributed by atoms with Crippen LogP contribution in [-0.4, -0.2) is 16.5 Å². The lowest BCUT2D eigenvalue weighted by atomic mass is 9.99. The molecule has 1 aromatic rings. The van der Waals surface area contributed by atoms with Gasteiger partial charge in [-0.2, -0.15) is 0 Å². The first-order valence-electron chi connectivity index (χ1n) is 7.56. The summed E-state index contributed by atoms with van der Waals surface area (Å²) in [6.45, 7) is 5.21. The quantitative estimate of drug-likeness (QED) is 0.623. The summed E-state index contributed by atoms with van der Waals surface area (Å²) in [5.41, 5.74) is 1.20.